The molecule has 2 atom stereocenters. The Labute approximate surface area is 177 Å². The van der Waals surface area contributed by atoms with Crippen LogP contribution in [-0.2, 0) is 22.4 Å². The largest absolute Gasteiger partial charge is 0.493 e. The molecule has 5 nitrogen and oxygen atoms in total. The van der Waals surface area contributed by atoms with E-state index in [1.165, 1.54) is 11.1 Å². The summed E-state index contributed by atoms with van der Waals surface area (Å²) in [6.45, 7) is 4.53. The first-order valence-electron chi connectivity index (χ1n) is 11.0. The van der Waals surface area contributed by atoms with Crippen molar-refractivity contribution in [2.75, 3.05) is 31.1 Å². The van der Waals surface area contributed by atoms with Gasteiger partial charge in [0.25, 0.3) is 0 Å². The Morgan fingerprint density at radius 1 is 1.17 bits per heavy atom. The molecule has 1 amide bonds. The molecule has 3 aliphatic heterocycles. The second-order valence-electron chi connectivity index (χ2n) is 8.82. The molecule has 0 saturated carbocycles. The van der Waals surface area contributed by atoms with E-state index in [1.54, 1.807) is 6.92 Å². The van der Waals surface area contributed by atoms with Gasteiger partial charge in [0.2, 0.25) is 5.91 Å². The zero-order valence-corrected chi connectivity index (χ0v) is 17.5. The SMILES string of the molecule is CC(=O)CN1CC(c2ccc3c(c2)CCO3)CC1CCN1C(=O)Cc2ccccc21. The summed E-state index contributed by atoms with van der Waals surface area (Å²) in [6.07, 6.45) is 3.39. The van der Waals surface area contributed by atoms with Crippen molar-refractivity contribution in [1.82, 2.24) is 4.90 Å². The van der Waals surface area contributed by atoms with Gasteiger partial charge in [0.1, 0.15) is 11.5 Å². The van der Waals surface area contributed by atoms with E-state index >= 15 is 0 Å². The fraction of sp³-hybridized carbons (Fsp3) is 0.440. The molecule has 0 bridgehead atoms. The number of ether oxygens (including phenoxy) is 1. The molecule has 30 heavy (non-hydrogen) atoms. The number of carbonyl (C=O) groups is 2. The number of anilines is 1. The summed E-state index contributed by atoms with van der Waals surface area (Å²) in [4.78, 5) is 28.7. The highest BCUT2D eigenvalue weighted by atomic mass is 16.5. The number of likely N-dealkylation sites (tertiary alicyclic amines) is 1. The van der Waals surface area contributed by atoms with Crippen LogP contribution in [0, 0.1) is 0 Å². The lowest BCUT2D eigenvalue weighted by molar-refractivity contribution is -0.119. The molecule has 2 aromatic carbocycles. The van der Waals surface area contributed by atoms with Crippen molar-refractivity contribution < 1.29 is 14.3 Å². The molecule has 3 aliphatic rings. The van der Waals surface area contributed by atoms with E-state index in [9.17, 15) is 9.59 Å². The summed E-state index contributed by atoms with van der Waals surface area (Å²) in [5.74, 6) is 1.81. The Kier molecular flexibility index (Phi) is 5.07. The molecule has 156 valence electrons. The Balaban J connectivity index is 1.30. The monoisotopic (exact) mass is 404 g/mol. The number of hydrogen-bond donors (Lipinski definition) is 0. The van der Waals surface area contributed by atoms with Gasteiger partial charge in [-0.25, -0.2) is 0 Å². The van der Waals surface area contributed by atoms with Crippen LogP contribution in [0.15, 0.2) is 42.5 Å². The normalized spacial score (nSPS) is 22.8. The molecule has 5 heteroatoms. The molecule has 0 spiro atoms. The maximum absolute atomic E-state index is 12.5. The molecule has 1 saturated heterocycles. The minimum atomic E-state index is 0.183. The maximum Gasteiger partial charge on any atom is 0.231 e. The standard InChI is InChI=1S/C25H28N2O3/c1-17(28)15-26-16-21(18-6-7-24-20(12-18)9-11-30-24)13-22(26)8-10-27-23-5-3-2-4-19(23)14-25(27)29/h2-7,12,21-22H,8-11,13-16H2,1H3. The van der Waals surface area contributed by atoms with Crippen molar-refractivity contribution in [3.63, 3.8) is 0 Å². The van der Waals surface area contributed by atoms with Crippen LogP contribution < -0.4 is 9.64 Å². The van der Waals surface area contributed by atoms with Gasteiger partial charge in [-0.05, 0) is 54.5 Å². The molecule has 0 aliphatic carbocycles. The van der Waals surface area contributed by atoms with Crippen molar-refractivity contribution in [2.45, 2.75) is 44.6 Å². The number of Topliss-reactive ketones (excluding diaryl/α,β-unsaturated/α-hetero) is 1. The third-order valence-electron chi connectivity index (χ3n) is 6.75. The van der Waals surface area contributed by atoms with Crippen LogP contribution in [0.3, 0.4) is 0 Å². The number of carbonyl (C=O) groups excluding carboxylic acids is 2. The number of fused-ring (bicyclic) bond motifs is 2. The lowest BCUT2D eigenvalue weighted by atomic mass is 9.93. The maximum atomic E-state index is 12.5. The summed E-state index contributed by atoms with van der Waals surface area (Å²) in [5.41, 5.74) is 4.81. The molecule has 0 aromatic heterocycles. The molecule has 2 unspecified atom stereocenters. The first-order valence-corrected chi connectivity index (χ1v) is 11.0. The second-order valence-corrected chi connectivity index (χ2v) is 8.82. The fourth-order valence-electron chi connectivity index (χ4n) is 5.31. The van der Waals surface area contributed by atoms with Crippen LogP contribution >= 0.6 is 0 Å². The fourth-order valence-corrected chi connectivity index (χ4v) is 5.31. The molecule has 5 rings (SSSR count). The van der Waals surface area contributed by atoms with Gasteiger partial charge in [0.15, 0.2) is 0 Å². The lowest BCUT2D eigenvalue weighted by Gasteiger charge is -2.26. The van der Waals surface area contributed by atoms with E-state index in [4.69, 9.17) is 4.74 Å². The predicted molar refractivity (Wildman–Crippen MR) is 116 cm³/mol. The molecule has 0 radical (unpaired) electrons. The summed E-state index contributed by atoms with van der Waals surface area (Å²) in [6, 6.07) is 15.0. The highest BCUT2D eigenvalue weighted by molar-refractivity contribution is 6.01. The van der Waals surface area contributed by atoms with Gasteiger partial charge in [-0.1, -0.05) is 30.3 Å². The minimum absolute atomic E-state index is 0.183. The number of amides is 1. The molecule has 1 fully saturated rings. The number of nitrogens with zero attached hydrogens (tertiary/aromatic N) is 2. The van der Waals surface area contributed by atoms with E-state index in [2.05, 4.69) is 23.1 Å². The van der Waals surface area contributed by atoms with Crippen LogP contribution in [0.1, 0.15) is 42.4 Å². The van der Waals surface area contributed by atoms with E-state index < -0.39 is 0 Å². The summed E-state index contributed by atoms with van der Waals surface area (Å²) in [7, 11) is 0. The Hall–Kier alpha value is -2.66. The number of rotatable bonds is 6. The third kappa shape index (κ3) is 3.63. The number of para-hydroxylation sites is 1. The Morgan fingerprint density at radius 3 is 2.90 bits per heavy atom. The van der Waals surface area contributed by atoms with E-state index in [1.807, 2.05) is 29.2 Å². The van der Waals surface area contributed by atoms with E-state index in [0.717, 1.165) is 49.4 Å². The number of benzene rings is 2. The topological polar surface area (TPSA) is 49.9 Å². The summed E-state index contributed by atoms with van der Waals surface area (Å²) >= 11 is 0. The molecule has 2 aromatic rings. The zero-order chi connectivity index (χ0) is 20.7. The molecule has 0 N–H and O–H groups in total. The minimum Gasteiger partial charge on any atom is -0.493 e. The summed E-state index contributed by atoms with van der Waals surface area (Å²) < 4.78 is 5.65. The Bertz CT molecular complexity index is 986. The molecular formula is C25H28N2O3. The van der Waals surface area contributed by atoms with Gasteiger partial charge in [-0.3, -0.25) is 14.5 Å². The Morgan fingerprint density at radius 2 is 2.03 bits per heavy atom. The number of hydrogen-bond acceptors (Lipinski definition) is 4. The first kappa shape index (κ1) is 19.3. The van der Waals surface area contributed by atoms with Crippen LogP contribution in [0.2, 0.25) is 0 Å². The average Bonchev–Trinajstić information content (AvgIpc) is 3.42. The van der Waals surface area contributed by atoms with Gasteiger partial charge in [-0.15, -0.1) is 0 Å². The highest BCUT2D eigenvalue weighted by Gasteiger charge is 2.35. The van der Waals surface area contributed by atoms with Crippen LogP contribution in [0.25, 0.3) is 0 Å². The van der Waals surface area contributed by atoms with Gasteiger partial charge >= 0.3 is 0 Å². The van der Waals surface area contributed by atoms with Crippen molar-refractivity contribution >= 4 is 17.4 Å². The van der Waals surface area contributed by atoms with Crippen molar-refractivity contribution in [2.24, 2.45) is 0 Å². The van der Waals surface area contributed by atoms with Crippen LogP contribution in [-0.4, -0.2) is 48.9 Å². The van der Waals surface area contributed by atoms with Gasteiger partial charge in [-0.2, -0.15) is 0 Å². The average molecular weight is 405 g/mol. The van der Waals surface area contributed by atoms with Crippen molar-refractivity contribution in [3.8, 4) is 5.75 Å². The van der Waals surface area contributed by atoms with Gasteiger partial charge in [0.05, 0.1) is 19.6 Å². The summed E-state index contributed by atoms with van der Waals surface area (Å²) in [5, 5.41) is 0. The third-order valence-corrected chi connectivity index (χ3v) is 6.75. The molecular weight excluding hydrogens is 376 g/mol. The lowest BCUT2D eigenvalue weighted by Crippen LogP contribution is -2.37. The second kappa shape index (κ2) is 7.88. The van der Waals surface area contributed by atoms with Crippen molar-refractivity contribution in [3.05, 3.63) is 59.2 Å². The predicted octanol–water partition coefficient (Wildman–Crippen LogP) is 3.35. The highest BCUT2D eigenvalue weighted by Crippen LogP contribution is 2.37. The molecule has 3 heterocycles. The smallest absolute Gasteiger partial charge is 0.231 e. The van der Waals surface area contributed by atoms with E-state index in [0.29, 0.717) is 31.5 Å². The van der Waals surface area contributed by atoms with Gasteiger partial charge in [0, 0.05) is 31.2 Å². The zero-order valence-electron chi connectivity index (χ0n) is 17.5. The van der Waals surface area contributed by atoms with Crippen LogP contribution in [0.5, 0.6) is 5.75 Å². The first-order chi connectivity index (χ1) is 14.6. The van der Waals surface area contributed by atoms with Gasteiger partial charge < -0.3 is 9.64 Å². The quantitative estimate of drug-likeness (QED) is 0.741. The van der Waals surface area contributed by atoms with E-state index in [-0.39, 0.29) is 11.7 Å². The van der Waals surface area contributed by atoms with Crippen LogP contribution in [0.4, 0.5) is 5.69 Å². The number of ketones is 1. The van der Waals surface area contributed by atoms with Crippen molar-refractivity contribution in [1.29, 1.82) is 0 Å².